The molecule has 1 heterocycles. The Balaban J connectivity index is 1.67. The molecule has 4 rings (SSSR count). The second kappa shape index (κ2) is 9.61. The summed E-state index contributed by atoms with van der Waals surface area (Å²) in [5, 5.41) is 0.735. The molecule has 0 amide bonds. The zero-order valence-electron chi connectivity index (χ0n) is 17.1. The van der Waals surface area contributed by atoms with Gasteiger partial charge in [-0.05, 0) is 36.2 Å². The van der Waals surface area contributed by atoms with Crippen LogP contribution in [-0.4, -0.2) is 30.0 Å². The Morgan fingerprint density at radius 3 is 2.43 bits per heavy atom. The van der Waals surface area contributed by atoms with Crippen LogP contribution >= 0.6 is 11.6 Å². The van der Waals surface area contributed by atoms with Crippen LogP contribution in [-0.2, 0) is 13.1 Å². The van der Waals surface area contributed by atoms with Crippen LogP contribution in [0, 0.1) is 5.82 Å². The molecular formula is C25H26ClFN2O. The van der Waals surface area contributed by atoms with Crippen molar-refractivity contribution in [3.63, 3.8) is 0 Å². The Kier molecular flexibility index (Phi) is 6.68. The highest BCUT2D eigenvalue weighted by Gasteiger charge is 2.32. The maximum atomic E-state index is 14.4. The van der Waals surface area contributed by atoms with Gasteiger partial charge in [0.25, 0.3) is 0 Å². The summed E-state index contributed by atoms with van der Waals surface area (Å²) < 4.78 is 19.8. The van der Waals surface area contributed by atoms with Gasteiger partial charge in [0.2, 0.25) is 0 Å². The number of ether oxygens (including phenoxy) is 1. The van der Waals surface area contributed by atoms with Crippen molar-refractivity contribution in [1.29, 1.82) is 0 Å². The summed E-state index contributed by atoms with van der Waals surface area (Å²) in [6.45, 7) is 3.14. The van der Waals surface area contributed by atoms with E-state index in [1.165, 1.54) is 11.6 Å². The lowest BCUT2D eigenvalue weighted by Gasteiger charge is -2.44. The Morgan fingerprint density at radius 2 is 1.67 bits per heavy atom. The molecule has 30 heavy (non-hydrogen) atoms. The van der Waals surface area contributed by atoms with Crippen LogP contribution in [0.5, 0.6) is 5.75 Å². The first-order chi connectivity index (χ1) is 14.7. The molecule has 0 aromatic heterocycles. The Morgan fingerprint density at radius 1 is 0.933 bits per heavy atom. The summed E-state index contributed by atoms with van der Waals surface area (Å²) in [5.41, 5.74) is 2.94. The van der Waals surface area contributed by atoms with Crippen molar-refractivity contribution in [2.75, 3.05) is 20.2 Å². The van der Waals surface area contributed by atoms with Crippen LogP contribution < -0.4 is 4.74 Å². The second-order valence-corrected chi connectivity index (χ2v) is 8.04. The molecule has 1 atom stereocenters. The van der Waals surface area contributed by atoms with Gasteiger partial charge in [0, 0.05) is 42.3 Å². The number of halogens is 2. The number of benzene rings is 3. The largest absolute Gasteiger partial charge is 0.497 e. The number of rotatable bonds is 6. The van der Waals surface area contributed by atoms with E-state index in [9.17, 15) is 4.39 Å². The van der Waals surface area contributed by atoms with Crippen molar-refractivity contribution in [3.8, 4) is 5.75 Å². The van der Waals surface area contributed by atoms with Gasteiger partial charge in [-0.15, -0.1) is 0 Å². The number of nitrogens with zero attached hydrogens (tertiary/aromatic N) is 2. The van der Waals surface area contributed by atoms with E-state index in [1.807, 2.05) is 42.5 Å². The van der Waals surface area contributed by atoms with Gasteiger partial charge < -0.3 is 4.74 Å². The topological polar surface area (TPSA) is 15.7 Å². The molecule has 0 saturated carbocycles. The molecule has 1 fully saturated rings. The summed E-state index contributed by atoms with van der Waals surface area (Å²) in [4.78, 5) is 4.74. The molecule has 1 saturated heterocycles. The minimum Gasteiger partial charge on any atom is -0.497 e. The van der Waals surface area contributed by atoms with Gasteiger partial charge in [-0.3, -0.25) is 9.80 Å². The fraction of sp³-hybridized carbons (Fsp3) is 0.280. The van der Waals surface area contributed by atoms with Crippen molar-refractivity contribution in [1.82, 2.24) is 9.80 Å². The highest BCUT2D eigenvalue weighted by molar-refractivity contribution is 6.31. The van der Waals surface area contributed by atoms with E-state index in [-0.39, 0.29) is 12.0 Å². The third-order valence-electron chi connectivity index (χ3n) is 5.62. The van der Waals surface area contributed by atoms with Crippen molar-refractivity contribution in [2.24, 2.45) is 0 Å². The average molecular weight is 425 g/mol. The third-order valence-corrected chi connectivity index (χ3v) is 5.96. The maximum absolute atomic E-state index is 14.4. The standard InChI is InChI=1S/C25H26ClFN2O/c1-30-21-10-6-8-19(16-21)17-28-14-7-15-29(18-20-9-2-5-13-24(20)27)25(28)22-11-3-4-12-23(22)26/h2-6,8-13,16,25H,7,14-15,17-18H2,1H3. The molecule has 1 aliphatic heterocycles. The predicted octanol–water partition coefficient (Wildman–Crippen LogP) is 5.89. The lowest BCUT2D eigenvalue weighted by atomic mass is 10.0. The van der Waals surface area contributed by atoms with Gasteiger partial charge >= 0.3 is 0 Å². The van der Waals surface area contributed by atoms with Gasteiger partial charge in [0.1, 0.15) is 11.6 Å². The SMILES string of the molecule is COc1cccc(CN2CCCN(Cc3ccccc3F)C2c2ccccc2Cl)c1. The molecule has 0 aliphatic carbocycles. The van der Waals surface area contributed by atoms with E-state index in [4.69, 9.17) is 16.3 Å². The van der Waals surface area contributed by atoms with E-state index in [0.717, 1.165) is 42.4 Å². The number of methoxy groups -OCH3 is 1. The van der Waals surface area contributed by atoms with Crippen molar-refractivity contribution < 1.29 is 9.13 Å². The zero-order chi connectivity index (χ0) is 20.9. The average Bonchev–Trinajstić information content (AvgIpc) is 2.76. The van der Waals surface area contributed by atoms with Gasteiger partial charge in [0.15, 0.2) is 0 Å². The summed E-state index contributed by atoms with van der Waals surface area (Å²) >= 11 is 6.63. The molecule has 3 nitrogen and oxygen atoms in total. The van der Waals surface area contributed by atoms with Gasteiger partial charge in [0.05, 0.1) is 13.3 Å². The number of hydrogen-bond acceptors (Lipinski definition) is 3. The quantitative estimate of drug-likeness (QED) is 0.490. The van der Waals surface area contributed by atoms with Crippen molar-refractivity contribution >= 4 is 11.6 Å². The molecule has 5 heteroatoms. The van der Waals surface area contributed by atoms with Crippen LogP contribution in [0.25, 0.3) is 0 Å². The molecule has 0 spiro atoms. The van der Waals surface area contributed by atoms with E-state index in [2.05, 4.69) is 28.0 Å². The molecule has 156 valence electrons. The van der Waals surface area contributed by atoms with Crippen LogP contribution in [0.1, 0.15) is 29.3 Å². The normalized spacial score (nSPS) is 17.8. The van der Waals surface area contributed by atoms with Gasteiger partial charge in [-0.2, -0.15) is 0 Å². The van der Waals surface area contributed by atoms with E-state index < -0.39 is 0 Å². The summed E-state index contributed by atoms with van der Waals surface area (Å²) in [7, 11) is 1.68. The number of hydrogen-bond donors (Lipinski definition) is 0. The van der Waals surface area contributed by atoms with E-state index >= 15 is 0 Å². The molecule has 3 aromatic carbocycles. The smallest absolute Gasteiger partial charge is 0.127 e. The molecule has 0 radical (unpaired) electrons. The fourth-order valence-electron chi connectivity index (χ4n) is 4.21. The third kappa shape index (κ3) is 4.67. The minimum absolute atomic E-state index is 0.0294. The van der Waals surface area contributed by atoms with Crippen molar-refractivity contribution in [2.45, 2.75) is 25.7 Å². The summed E-state index contributed by atoms with van der Waals surface area (Å²) in [5.74, 6) is 0.683. The van der Waals surface area contributed by atoms with Crippen molar-refractivity contribution in [3.05, 3.63) is 100 Å². The zero-order valence-corrected chi connectivity index (χ0v) is 17.9. The van der Waals surface area contributed by atoms with Crippen LogP contribution in [0.15, 0.2) is 72.8 Å². The second-order valence-electron chi connectivity index (χ2n) is 7.63. The molecular weight excluding hydrogens is 399 g/mol. The van der Waals surface area contributed by atoms with Gasteiger partial charge in [-0.1, -0.05) is 60.1 Å². The highest BCUT2D eigenvalue weighted by atomic mass is 35.5. The first kappa shape index (κ1) is 20.9. The van der Waals surface area contributed by atoms with E-state index in [0.29, 0.717) is 12.1 Å². The van der Waals surface area contributed by atoms with Gasteiger partial charge in [-0.25, -0.2) is 4.39 Å². The summed E-state index contributed by atoms with van der Waals surface area (Å²) in [6.07, 6.45) is 0.984. The Bertz CT molecular complexity index is 996. The van der Waals surface area contributed by atoms with E-state index in [1.54, 1.807) is 13.2 Å². The lowest BCUT2D eigenvalue weighted by molar-refractivity contribution is -0.00960. The first-order valence-corrected chi connectivity index (χ1v) is 10.6. The minimum atomic E-state index is -0.166. The monoisotopic (exact) mass is 424 g/mol. The van der Waals surface area contributed by atoms with Crippen LogP contribution in [0.4, 0.5) is 4.39 Å². The lowest BCUT2D eigenvalue weighted by Crippen LogP contribution is -2.47. The van der Waals surface area contributed by atoms with Crippen LogP contribution in [0.2, 0.25) is 5.02 Å². The first-order valence-electron chi connectivity index (χ1n) is 10.2. The predicted molar refractivity (Wildman–Crippen MR) is 119 cm³/mol. The molecule has 3 aromatic rings. The maximum Gasteiger partial charge on any atom is 0.127 e. The van der Waals surface area contributed by atoms with Crippen LogP contribution in [0.3, 0.4) is 0 Å². The molecule has 1 aliphatic rings. The molecule has 0 bridgehead atoms. The highest BCUT2D eigenvalue weighted by Crippen LogP contribution is 2.36. The Labute approximate surface area is 182 Å². The Hall–Kier alpha value is -2.40. The fourth-order valence-corrected chi connectivity index (χ4v) is 4.45. The molecule has 1 unspecified atom stereocenters. The molecule has 0 N–H and O–H groups in total. The summed E-state index contributed by atoms with van der Waals surface area (Å²) in [6, 6.07) is 23.1.